The lowest BCUT2D eigenvalue weighted by Crippen LogP contribution is -2.65. The van der Waals surface area contributed by atoms with Gasteiger partial charge in [-0.3, -0.25) is 24.3 Å². The minimum Gasteiger partial charge on any atom is -0.465 e. The number of ether oxygens (including phenoxy) is 1. The van der Waals surface area contributed by atoms with Crippen molar-refractivity contribution in [3.63, 3.8) is 0 Å². The smallest absolute Gasteiger partial charge is 0.328 e. The highest BCUT2D eigenvalue weighted by atomic mass is 16.5. The van der Waals surface area contributed by atoms with Gasteiger partial charge in [0.15, 0.2) is 12.2 Å². The minimum absolute atomic E-state index is 0.183. The number of aryl methyl sites for hydroxylation is 2. The molecule has 3 aliphatic heterocycles. The van der Waals surface area contributed by atoms with Gasteiger partial charge in [-0.15, -0.1) is 0 Å². The number of allylic oxidation sites excluding steroid dienone is 2. The Labute approximate surface area is 181 Å². The second-order valence-corrected chi connectivity index (χ2v) is 8.08. The largest absolute Gasteiger partial charge is 0.465 e. The lowest BCUT2D eigenvalue weighted by atomic mass is 10.1. The van der Waals surface area contributed by atoms with E-state index in [0.29, 0.717) is 5.96 Å². The molecule has 2 unspecified atom stereocenters. The van der Waals surface area contributed by atoms with Gasteiger partial charge in [0.1, 0.15) is 6.54 Å². The Bertz CT molecular complexity index is 1050. The van der Waals surface area contributed by atoms with E-state index in [2.05, 4.69) is 18.2 Å². The summed E-state index contributed by atoms with van der Waals surface area (Å²) < 4.78 is 4.95. The molecule has 0 bridgehead atoms. The van der Waals surface area contributed by atoms with E-state index in [1.54, 1.807) is 14.0 Å². The van der Waals surface area contributed by atoms with E-state index in [1.807, 2.05) is 37.5 Å². The standard InChI is InChI=1S/C22H27N5O4/c1-7-31-17(28)11-25-20(29)18-19(24(6)22(25)30)23-21-26(14(4)15(5)27(18)21)16-10-12(2)8-9-13(16)3/h8-10,18-19H,7,11H2,1-6H3. The normalized spacial score (nSPS) is 22.8. The maximum absolute atomic E-state index is 13.4. The summed E-state index contributed by atoms with van der Waals surface area (Å²) in [6.07, 6.45) is -0.663. The monoisotopic (exact) mass is 425 g/mol. The highest BCUT2D eigenvalue weighted by Gasteiger charge is 2.56. The molecule has 4 rings (SSSR count). The van der Waals surface area contributed by atoms with Crippen LogP contribution in [0.5, 0.6) is 0 Å². The molecule has 1 aromatic carbocycles. The van der Waals surface area contributed by atoms with E-state index >= 15 is 0 Å². The summed E-state index contributed by atoms with van der Waals surface area (Å²) in [7, 11) is 1.60. The number of fused-ring (bicyclic) bond motifs is 3. The van der Waals surface area contributed by atoms with Crippen molar-refractivity contribution in [2.24, 2.45) is 4.99 Å². The number of carbonyl (C=O) groups is 3. The average molecular weight is 425 g/mol. The molecule has 31 heavy (non-hydrogen) atoms. The van der Waals surface area contributed by atoms with Crippen LogP contribution in [-0.2, 0) is 14.3 Å². The number of guanidine groups is 1. The zero-order valence-electron chi connectivity index (χ0n) is 18.7. The van der Waals surface area contributed by atoms with Gasteiger partial charge in [0, 0.05) is 18.4 Å². The number of hydrogen-bond donors (Lipinski definition) is 0. The second-order valence-electron chi connectivity index (χ2n) is 8.08. The van der Waals surface area contributed by atoms with Crippen LogP contribution in [-0.4, -0.2) is 71.0 Å². The zero-order chi connectivity index (χ0) is 22.6. The summed E-state index contributed by atoms with van der Waals surface area (Å²) in [4.78, 5) is 49.3. The predicted molar refractivity (Wildman–Crippen MR) is 115 cm³/mol. The Morgan fingerprint density at radius 2 is 1.84 bits per heavy atom. The fourth-order valence-corrected chi connectivity index (χ4v) is 4.34. The summed E-state index contributed by atoms with van der Waals surface area (Å²) in [5, 5.41) is 0. The first-order chi connectivity index (χ1) is 14.7. The van der Waals surface area contributed by atoms with Crippen molar-refractivity contribution >= 4 is 29.6 Å². The molecule has 1 aromatic rings. The molecule has 9 nitrogen and oxygen atoms in total. The molecule has 1 saturated heterocycles. The maximum Gasteiger partial charge on any atom is 0.328 e. The molecule has 164 valence electrons. The summed E-state index contributed by atoms with van der Waals surface area (Å²) in [5.41, 5.74) is 5.04. The topological polar surface area (TPSA) is 85.8 Å². The van der Waals surface area contributed by atoms with Crippen molar-refractivity contribution in [2.45, 2.75) is 46.8 Å². The van der Waals surface area contributed by atoms with Gasteiger partial charge in [0.05, 0.1) is 12.3 Å². The molecule has 0 aromatic heterocycles. The van der Waals surface area contributed by atoms with Gasteiger partial charge in [-0.05, 0) is 51.8 Å². The molecule has 0 aliphatic carbocycles. The van der Waals surface area contributed by atoms with E-state index in [1.165, 1.54) is 4.90 Å². The SMILES string of the molecule is CCOC(=O)CN1C(=O)C2C(N=C3N(c4cc(C)ccc4C)C(C)=C(C)N32)N(C)C1=O. The van der Waals surface area contributed by atoms with Crippen LogP contribution in [0.1, 0.15) is 31.9 Å². The van der Waals surface area contributed by atoms with Crippen LogP contribution in [0.4, 0.5) is 10.5 Å². The summed E-state index contributed by atoms with van der Waals surface area (Å²) in [6.45, 7) is 9.45. The number of likely N-dealkylation sites (N-methyl/N-ethyl adjacent to an activating group) is 1. The molecule has 3 amide bonds. The van der Waals surface area contributed by atoms with E-state index in [-0.39, 0.29) is 6.61 Å². The minimum atomic E-state index is -0.725. The zero-order valence-corrected chi connectivity index (χ0v) is 18.7. The number of hydrogen-bond acceptors (Lipinski definition) is 7. The van der Waals surface area contributed by atoms with E-state index in [4.69, 9.17) is 9.73 Å². The number of rotatable bonds is 4. The molecule has 0 saturated carbocycles. The van der Waals surface area contributed by atoms with E-state index < -0.39 is 36.7 Å². The Morgan fingerprint density at radius 1 is 1.13 bits per heavy atom. The number of anilines is 1. The van der Waals surface area contributed by atoms with E-state index in [0.717, 1.165) is 33.1 Å². The van der Waals surface area contributed by atoms with Crippen LogP contribution >= 0.6 is 0 Å². The van der Waals surface area contributed by atoms with Gasteiger partial charge in [-0.1, -0.05) is 12.1 Å². The molecule has 0 N–H and O–H groups in total. The first-order valence-corrected chi connectivity index (χ1v) is 10.3. The van der Waals surface area contributed by atoms with E-state index in [9.17, 15) is 14.4 Å². The Kier molecular flexibility index (Phi) is 4.99. The number of carbonyl (C=O) groups excluding carboxylic acids is 3. The quantitative estimate of drug-likeness (QED) is 0.688. The Morgan fingerprint density at radius 3 is 2.52 bits per heavy atom. The van der Waals surface area contributed by atoms with Crippen LogP contribution in [0.2, 0.25) is 0 Å². The summed E-state index contributed by atoms with van der Waals surface area (Å²) in [5.74, 6) is -0.448. The van der Waals surface area contributed by atoms with Crippen molar-refractivity contribution in [3.8, 4) is 0 Å². The number of esters is 1. The van der Waals surface area contributed by atoms with Crippen molar-refractivity contribution < 1.29 is 19.1 Å². The molecule has 3 heterocycles. The molecule has 3 aliphatic rings. The molecule has 0 radical (unpaired) electrons. The van der Waals surface area contributed by atoms with Crippen LogP contribution < -0.4 is 4.90 Å². The molecule has 9 heteroatoms. The Balaban J connectivity index is 1.74. The van der Waals surface area contributed by atoms with Gasteiger partial charge in [-0.25, -0.2) is 9.79 Å². The predicted octanol–water partition coefficient (Wildman–Crippen LogP) is 2.20. The maximum atomic E-state index is 13.4. The average Bonchev–Trinajstić information content (AvgIpc) is 3.22. The molecule has 2 atom stereocenters. The number of benzene rings is 1. The summed E-state index contributed by atoms with van der Waals surface area (Å²) >= 11 is 0. The lowest BCUT2D eigenvalue weighted by Gasteiger charge is -2.40. The first kappa shape index (κ1) is 20.9. The van der Waals surface area contributed by atoms with Crippen LogP contribution in [0.3, 0.4) is 0 Å². The van der Waals surface area contributed by atoms with Crippen molar-refractivity contribution in [2.75, 3.05) is 25.1 Å². The van der Waals surface area contributed by atoms with Gasteiger partial charge >= 0.3 is 12.0 Å². The number of nitrogens with zero attached hydrogens (tertiary/aromatic N) is 5. The molecule has 0 spiro atoms. The number of aliphatic imine (C=N–C) groups is 1. The fraction of sp³-hybridized carbons (Fsp3) is 0.455. The molecular weight excluding hydrogens is 398 g/mol. The Hall–Kier alpha value is -3.36. The van der Waals surface area contributed by atoms with Gasteiger partial charge < -0.3 is 9.64 Å². The third-order valence-corrected chi connectivity index (χ3v) is 6.09. The van der Waals surface area contributed by atoms with Crippen LogP contribution in [0, 0.1) is 13.8 Å². The van der Waals surface area contributed by atoms with Crippen molar-refractivity contribution in [3.05, 3.63) is 40.7 Å². The molecular formula is C22H27N5O4. The fourth-order valence-electron chi connectivity index (χ4n) is 4.34. The highest BCUT2D eigenvalue weighted by Crippen LogP contribution is 2.40. The highest BCUT2D eigenvalue weighted by molar-refractivity contribution is 6.11. The summed E-state index contributed by atoms with van der Waals surface area (Å²) in [6, 6.07) is 4.92. The van der Waals surface area contributed by atoms with Crippen LogP contribution in [0.25, 0.3) is 0 Å². The van der Waals surface area contributed by atoms with Crippen molar-refractivity contribution in [1.82, 2.24) is 14.7 Å². The van der Waals surface area contributed by atoms with Gasteiger partial charge in [-0.2, -0.15) is 0 Å². The van der Waals surface area contributed by atoms with Crippen molar-refractivity contribution in [1.29, 1.82) is 0 Å². The number of urea groups is 1. The van der Waals surface area contributed by atoms with Crippen LogP contribution in [0.15, 0.2) is 34.6 Å². The number of imide groups is 1. The molecule has 1 fully saturated rings. The third-order valence-electron chi connectivity index (χ3n) is 6.09. The van der Waals surface area contributed by atoms with Gasteiger partial charge in [0.2, 0.25) is 5.96 Å². The third kappa shape index (κ3) is 3.07. The second kappa shape index (κ2) is 7.40. The lowest BCUT2D eigenvalue weighted by molar-refractivity contribution is -0.150. The van der Waals surface area contributed by atoms with Gasteiger partial charge in [0.25, 0.3) is 5.91 Å². The number of amides is 3. The first-order valence-electron chi connectivity index (χ1n) is 10.3.